The Hall–Kier alpha value is -2.15. The average Bonchev–Trinajstić information content (AvgIpc) is 2.81. The van der Waals surface area contributed by atoms with Crippen molar-refractivity contribution in [3.8, 4) is 0 Å². The first-order chi connectivity index (χ1) is 10.1. The number of hydrogen-bond donors (Lipinski definition) is 1. The summed E-state index contributed by atoms with van der Waals surface area (Å²) in [5.41, 5.74) is 0.561. The zero-order valence-electron chi connectivity index (χ0n) is 11.5. The van der Waals surface area contributed by atoms with E-state index in [1.807, 2.05) is 11.5 Å². The normalized spacial score (nSPS) is 10.4. The topological polar surface area (TPSA) is 59.8 Å². The van der Waals surface area contributed by atoms with Crippen LogP contribution in [0.2, 0.25) is 0 Å². The van der Waals surface area contributed by atoms with Gasteiger partial charge in [-0.25, -0.2) is 4.39 Å². The molecule has 0 fully saturated rings. The van der Waals surface area contributed by atoms with Gasteiger partial charge in [0.25, 0.3) is 0 Å². The third-order valence-corrected chi connectivity index (χ3v) is 3.64. The molecule has 2 rings (SSSR count). The molecule has 0 atom stereocenters. The maximum absolute atomic E-state index is 12.8. The lowest BCUT2D eigenvalue weighted by atomic mass is 10.3. The van der Waals surface area contributed by atoms with Crippen molar-refractivity contribution >= 4 is 23.4 Å². The van der Waals surface area contributed by atoms with Crippen molar-refractivity contribution in [3.05, 3.63) is 48.6 Å². The predicted octanol–water partition coefficient (Wildman–Crippen LogP) is 2.64. The smallest absolute Gasteiger partial charge is 0.234 e. The number of nitrogens with zero attached hydrogens (tertiary/aromatic N) is 3. The molecule has 0 radical (unpaired) electrons. The lowest BCUT2D eigenvalue weighted by molar-refractivity contribution is -0.113. The van der Waals surface area contributed by atoms with Gasteiger partial charge in [-0.2, -0.15) is 0 Å². The van der Waals surface area contributed by atoms with Gasteiger partial charge in [-0.05, 0) is 31.2 Å². The summed E-state index contributed by atoms with van der Waals surface area (Å²) >= 11 is 1.29. The fraction of sp³-hybridized carbons (Fsp3) is 0.214. The van der Waals surface area contributed by atoms with Crippen LogP contribution in [-0.4, -0.2) is 26.4 Å². The van der Waals surface area contributed by atoms with Crippen LogP contribution < -0.4 is 5.32 Å². The Labute approximate surface area is 126 Å². The zero-order valence-corrected chi connectivity index (χ0v) is 12.4. The molecule has 0 aliphatic carbocycles. The van der Waals surface area contributed by atoms with Crippen molar-refractivity contribution < 1.29 is 9.18 Å². The van der Waals surface area contributed by atoms with Crippen LogP contribution in [0.15, 0.2) is 42.1 Å². The second-order valence-electron chi connectivity index (χ2n) is 4.27. The summed E-state index contributed by atoms with van der Waals surface area (Å²) in [5.74, 6) is 0.455. The Bertz CT molecular complexity index is 639. The number of aryl methyl sites for hydroxylation is 1. The van der Waals surface area contributed by atoms with E-state index in [9.17, 15) is 9.18 Å². The highest BCUT2D eigenvalue weighted by Gasteiger charge is 2.11. The van der Waals surface area contributed by atoms with Crippen LogP contribution in [-0.2, 0) is 11.3 Å². The Balaban J connectivity index is 1.92. The van der Waals surface area contributed by atoms with Crippen LogP contribution in [0.4, 0.5) is 10.1 Å². The molecule has 0 aliphatic heterocycles. The summed E-state index contributed by atoms with van der Waals surface area (Å²) in [6, 6.07) is 5.63. The summed E-state index contributed by atoms with van der Waals surface area (Å²) in [4.78, 5) is 11.8. The first-order valence-corrected chi connectivity index (χ1v) is 7.27. The van der Waals surface area contributed by atoms with Gasteiger partial charge in [0.2, 0.25) is 5.91 Å². The van der Waals surface area contributed by atoms with Crippen molar-refractivity contribution in [2.24, 2.45) is 0 Å². The van der Waals surface area contributed by atoms with E-state index in [2.05, 4.69) is 22.1 Å². The number of halogens is 1. The van der Waals surface area contributed by atoms with Crippen LogP contribution in [0.3, 0.4) is 0 Å². The van der Waals surface area contributed by atoms with Crippen molar-refractivity contribution in [3.63, 3.8) is 0 Å². The summed E-state index contributed by atoms with van der Waals surface area (Å²) in [5, 5.41) is 11.4. The minimum Gasteiger partial charge on any atom is -0.325 e. The van der Waals surface area contributed by atoms with E-state index < -0.39 is 0 Å². The van der Waals surface area contributed by atoms with Gasteiger partial charge in [-0.15, -0.1) is 16.8 Å². The molecular formula is C14H15FN4OS. The second kappa shape index (κ2) is 7.03. The van der Waals surface area contributed by atoms with Crippen molar-refractivity contribution in [1.82, 2.24) is 14.8 Å². The molecule has 110 valence electrons. The number of allylic oxidation sites excluding steroid dienone is 1. The van der Waals surface area contributed by atoms with Gasteiger partial charge in [0.1, 0.15) is 11.6 Å². The number of hydrogen-bond acceptors (Lipinski definition) is 4. The molecule has 1 amide bonds. The van der Waals surface area contributed by atoms with Crippen LogP contribution in [0, 0.1) is 12.7 Å². The van der Waals surface area contributed by atoms with Gasteiger partial charge < -0.3 is 9.88 Å². The minimum atomic E-state index is -0.338. The van der Waals surface area contributed by atoms with E-state index in [1.165, 1.54) is 36.0 Å². The number of amides is 1. The molecule has 2 aromatic rings. The lowest BCUT2D eigenvalue weighted by Gasteiger charge is -2.06. The lowest BCUT2D eigenvalue weighted by Crippen LogP contribution is -2.14. The molecule has 0 saturated heterocycles. The highest BCUT2D eigenvalue weighted by atomic mass is 32.2. The Morgan fingerprint density at radius 3 is 2.81 bits per heavy atom. The van der Waals surface area contributed by atoms with Crippen LogP contribution in [0.25, 0.3) is 0 Å². The molecule has 21 heavy (non-hydrogen) atoms. The summed E-state index contributed by atoms with van der Waals surface area (Å²) in [7, 11) is 0. The van der Waals surface area contributed by atoms with Crippen LogP contribution >= 0.6 is 11.8 Å². The van der Waals surface area contributed by atoms with Crippen LogP contribution in [0.5, 0.6) is 0 Å². The quantitative estimate of drug-likeness (QED) is 0.658. The highest BCUT2D eigenvalue weighted by molar-refractivity contribution is 7.99. The molecule has 7 heteroatoms. The standard InChI is InChI=1S/C14H15FN4OS/c1-3-8-19-10(2)17-18-14(19)21-9-13(20)16-12-6-4-11(15)5-7-12/h3-7H,1,8-9H2,2H3,(H,16,20). The number of thioether (sulfide) groups is 1. The molecule has 1 aromatic heterocycles. The van der Waals surface area contributed by atoms with Gasteiger partial charge >= 0.3 is 0 Å². The number of anilines is 1. The molecule has 1 aromatic carbocycles. The van der Waals surface area contributed by atoms with Gasteiger partial charge in [0, 0.05) is 12.2 Å². The molecule has 0 saturated carbocycles. The van der Waals surface area contributed by atoms with E-state index >= 15 is 0 Å². The molecule has 1 heterocycles. The number of carbonyl (C=O) groups is 1. The number of carbonyl (C=O) groups excluding carboxylic acids is 1. The van der Waals surface area contributed by atoms with E-state index in [1.54, 1.807) is 6.08 Å². The first kappa shape index (κ1) is 15.2. The average molecular weight is 306 g/mol. The third-order valence-electron chi connectivity index (χ3n) is 2.67. The van der Waals surface area contributed by atoms with Gasteiger partial charge in [0.05, 0.1) is 5.75 Å². The van der Waals surface area contributed by atoms with Gasteiger partial charge in [0.15, 0.2) is 5.16 Å². The minimum absolute atomic E-state index is 0.183. The fourth-order valence-corrected chi connectivity index (χ4v) is 2.46. The predicted molar refractivity (Wildman–Crippen MR) is 80.7 cm³/mol. The van der Waals surface area contributed by atoms with E-state index in [-0.39, 0.29) is 17.5 Å². The molecule has 0 aliphatic rings. The van der Waals surface area contributed by atoms with Gasteiger partial charge in [-0.1, -0.05) is 17.8 Å². The van der Waals surface area contributed by atoms with Gasteiger partial charge in [-0.3, -0.25) is 4.79 Å². The number of rotatable bonds is 6. The highest BCUT2D eigenvalue weighted by Crippen LogP contribution is 2.17. The van der Waals surface area contributed by atoms with E-state index in [0.717, 1.165) is 5.82 Å². The Morgan fingerprint density at radius 1 is 1.43 bits per heavy atom. The summed E-state index contributed by atoms with van der Waals surface area (Å²) < 4.78 is 14.6. The number of nitrogens with one attached hydrogen (secondary N) is 1. The third kappa shape index (κ3) is 4.16. The monoisotopic (exact) mass is 306 g/mol. The molecular weight excluding hydrogens is 291 g/mol. The number of benzene rings is 1. The summed E-state index contributed by atoms with van der Waals surface area (Å²) in [6.07, 6.45) is 1.75. The van der Waals surface area contributed by atoms with E-state index in [4.69, 9.17) is 0 Å². The largest absolute Gasteiger partial charge is 0.325 e. The van der Waals surface area contributed by atoms with Crippen molar-refractivity contribution in [2.45, 2.75) is 18.6 Å². The maximum Gasteiger partial charge on any atom is 0.234 e. The molecule has 5 nitrogen and oxygen atoms in total. The second-order valence-corrected chi connectivity index (χ2v) is 5.22. The maximum atomic E-state index is 12.8. The SMILES string of the molecule is C=CCn1c(C)nnc1SCC(=O)Nc1ccc(F)cc1. The zero-order chi connectivity index (χ0) is 15.2. The fourth-order valence-electron chi connectivity index (χ4n) is 1.67. The summed E-state index contributed by atoms with van der Waals surface area (Å²) in [6.45, 7) is 6.12. The molecule has 0 bridgehead atoms. The Kier molecular flexibility index (Phi) is 5.10. The molecule has 0 spiro atoms. The Morgan fingerprint density at radius 2 is 2.14 bits per heavy atom. The molecule has 0 unspecified atom stereocenters. The number of aromatic nitrogens is 3. The van der Waals surface area contributed by atoms with E-state index in [0.29, 0.717) is 17.4 Å². The van der Waals surface area contributed by atoms with Crippen molar-refractivity contribution in [1.29, 1.82) is 0 Å². The van der Waals surface area contributed by atoms with Crippen molar-refractivity contribution in [2.75, 3.05) is 11.1 Å². The molecule has 1 N–H and O–H groups in total. The van der Waals surface area contributed by atoms with Crippen LogP contribution in [0.1, 0.15) is 5.82 Å². The first-order valence-electron chi connectivity index (χ1n) is 6.29.